The van der Waals surface area contributed by atoms with Gasteiger partial charge in [0.25, 0.3) is 11.7 Å². The third-order valence-electron chi connectivity index (χ3n) is 16.2. The minimum Gasteiger partial charge on any atom is -0.507 e. The maximum atomic E-state index is 15.0. The Hall–Kier alpha value is -6.29. The molecule has 15 heteroatoms. The van der Waals surface area contributed by atoms with Crippen molar-refractivity contribution in [2.75, 3.05) is 39.7 Å². The van der Waals surface area contributed by atoms with Gasteiger partial charge >= 0.3 is 11.8 Å². The molecule has 3 N–H and O–H groups in total. The number of amides is 1. The van der Waals surface area contributed by atoms with Crippen molar-refractivity contribution in [3.05, 3.63) is 100.0 Å². The van der Waals surface area contributed by atoms with Crippen LogP contribution >= 0.6 is 0 Å². The molecule has 3 aliphatic heterocycles. The fourth-order valence-corrected chi connectivity index (χ4v) is 10.2. The third kappa shape index (κ3) is 10.6. The summed E-state index contributed by atoms with van der Waals surface area (Å²) in [5.41, 5.74) is -0.346. The summed E-state index contributed by atoms with van der Waals surface area (Å²) >= 11 is 0. The Morgan fingerprint density at radius 3 is 2.26 bits per heavy atom. The molecular formula is C58H74N3O12+. The highest BCUT2D eigenvalue weighted by Crippen LogP contribution is 2.51. The van der Waals surface area contributed by atoms with Crippen molar-refractivity contribution < 1.29 is 57.2 Å². The number of esters is 1. The number of nitrogens with zero attached hydrogens (tertiary/aromatic N) is 2. The Morgan fingerprint density at radius 1 is 0.918 bits per heavy atom. The lowest BCUT2D eigenvalue weighted by Crippen LogP contribution is -2.57. The summed E-state index contributed by atoms with van der Waals surface area (Å²) < 4.78 is 38.2. The number of methoxy groups -OCH3 is 1. The SMILES string of the molecule is CO[C@H]1/C=C/O[C@@]2(C)Oc3c(C)c(O)c4c(=O)c(c5oc6cc(OCC7C=CC=CC7C[N+](C)(C)C(C)(C)C)ccc6nc-5c4c3C2=O)NC(=O)/C(C)=C\C=C\[C@H](C)[C@H](O)[C@@H](C)[C@@H](C)[C@@H](C)[C@H](OC(C)=O)[C@@H]1C. The number of aliphatic hydroxyl groups is 1. The lowest BCUT2D eigenvalue weighted by atomic mass is 9.73. The Bertz CT molecular complexity index is 2970. The monoisotopic (exact) mass is 1000 g/mol. The highest BCUT2D eigenvalue weighted by molar-refractivity contribution is 6.22. The summed E-state index contributed by atoms with van der Waals surface area (Å²) in [6.45, 7) is 23.5. The van der Waals surface area contributed by atoms with Gasteiger partial charge in [0, 0.05) is 67.2 Å². The van der Waals surface area contributed by atoms with Crippen LogP contribution in [0.25, 0.3) is 33.3 Å². The number of Topliss-reactive ketones (excluding diaryl/α,β-unsaturated/α-hetero) is 1. The van der Waals surface area contributed by atoms with Crippen molar-refractivity contribution in [2.24, 2.45) is 41.4 Å². The fraction of sp³-hybridized carbons (Fsp3) is 0.500. The first-order chi connectivity index (χ1) is 34.2. The molecule has 2 unspecified atom stereocenters. The Balaban J connectivity index is 1.37. The second-order valence-electron chi connectivity index (χ2n) is 22.2. The summed E-state index contributed by atoms with van der Waals surface area (Å²) in [4.78, 5) is 61.6. The van der Waals surface area contributed by atoms with E-state index in [0.717, 1.165) is 11.0 Å². The number of nitrogens with one attached hydrogen (secondary N) is 1. The van der Waals surface area contributed by atoms with E-state index in [2.05, 4.69) is 58.4 Å². The van der Waals surface area contributed by atoms with Crippen molar-refractivity contribution in [1.29, 1.82) is 0 Å². The van der Waals surface area contributed by atoms with Gasteiger partial charge in [-0.05, 0) is 70.6 Å². The molecule has 0 radical (unpaired) electrons. The van der Waals surface area contributed by atoms with E-state index in [1.807, 2.05) is 40.7 Å². The van der Waals surface area contributed by atoms with Crippen LogP contribution < -0.4 is 20.2 Å². The van der Waals surface area contributed by atoms with Gasteiger partial charge in [-0.1, -0.05) is 77.2 Å². The summed E-state index contributed by atoms with van der Waals surface area (Å²) in [6, 6.07) is 5.15. The third-order valence-corrected chi connectivity index (χ3v) is 16.2. The zero-order chi connectivity index (χ0) is 53.6. The number of anilines is 1. The van der Waals surface area contributed by atoms with Gasteiger partial charge in [0.1, 0.15) is 40.3 Å². The lowest BCUT2D eigenvalue weighted by molar-refractivity contribution is -0.938. The number of aromatic hydroxyl groups is 1. The van der Waals surface area contributed by atoms with E-state index in [1.54, 1.807) is 49.4 Å². The van der Waals surface area contributed by atoms with Gasteiger partial charge in [-0.3, -0.25) is 19.2 Å². The van der Waals surface area contributed by atoms with Crippen molar-refractivity contribution in [3.8, 4) is 28.7 Å². The standard InChI is InChI=1S/C58H73N3O12/c1-30-19-18-20-31(2)56(67)60-48-51(65)45-44(47-54(48)72-43-27-40(23-24-41(43)59-47)69-29-39-22-17-16-21-38(39)28-61(13,14)57(9,10)11)46-53(36(7)50(45)64)73-58(12,55(46)66)70-26-25-42(68-15)35(6)52(71-37(8)62)34(5)32(3)33(4)49(30)63/h16-27,30,32-35,38-39,42,49,52,63H,28-29H2,1-15H3,(H-,59,60,64,65,66,67)/p+1/b19-18+,26-25+,31-20-/t30-,32+,33-,34+,35+,38?,39?,42-,49-,52-,58-/m0/s1. The minimum atomic E-state index is -2.01. The molecule has 0 saturated carbocycles. The second-order valence-corrected chi connectivity index (χ2v) is 22.2. The average molecular weight is 1010 g/mol. The van der Waals surface area contributed by atoms with Gasteiger partial charge in [0.05, 0.1) is 62.2 Å². The van der Waals surface area contributed by atoms with Crippen LogP contribution in [0.1, 0.15) is 92.1 Å². The second kappa shape index (κ2) is 20.9. The molecule has 392 valence electrons. The Kier molecular flexibility index (Phi) is 15.6. The van der Waals surface area contributed by atoms with Gasteiger partial charge in [-0.25, -0.2) is 4.98 Å². The van der Waals surface area contributed by atoms with Crippen LogP contribution in [0.4, 0.5) is 5.69 Å². The maximum Gasteiger partial charge on any atom is 0.312 e. The summed E-state index contributed by atoms with van der Waals surface area (Å²) in [5, 5.41) is 26.0. The maximum absolute atomic E-state index is 15.0. The molecule has 0 spiro atoms. The molecule has 2 aliphatic carbocycles. The quantitative estimate of drug-likeness (QED) is 0.0686. The van der Waals surface area contributed by atoms with Crippen LogP contribution in [0, 0.1) is 48.3 Å². The molecule has 7 rings (SSSR count). The molecular weight excluding hydrogens is 931 g/mol. The van der Waals surface area contributed by atoms with Crippen LogP contribution in [0.2, 0.25) is 0 Å². The number of aliphatic hydroxyl groups excluding tert-OH is 1. The molecule has 15 nitrogen and oxygen atoms in total. The van der Waals surface area contributed by atoms with Gasteiger partial charge in [0.15, 0.2) is 11.3 Å². The minimum absolute atomic E-state index is 0.00280. The van der Waals surface area contributed by atoms with Gasteiger partial charge < -0.3 is 48.1 Å². The number of aromatic nitrogens is 1. The van der Waals surface area contributed by atoms with Gasteiger partial charge in [-0.2, -0.15) is 0 Å². The fourth-order valence-electron chi connectivity index (χ4n) is 10.2. The topological polar surface area (TPSA) is 193 Å². The predicted octanol–water partition coefficient (Wildman–Crippen LogP) is 9.84. The van der Waals surface area contributed by atoms with Crippen LogP contribution in [0.15, 0.2) is 87.9 Å². The molecule has 0 fully saturated rings. The predicted molar refractivity (Wildman–Crippen MR) is 282 cm³/mol. The number of allylic oxidation sites excluding steroid dienone is 4. The number of rotatable bonds is 7. The highest BCUT2D eigenvalue weighted by atomic mass is 16.7. The summed E-state index contributed by atoms with van der Waals surface area (Å²) in [7, 11) is 5.98. The number of hydrogen-bond donors (Lipinski definition) is 3. The van der Waals surface area contributed by atoms with E-state index in [0.29, 0.717) is 17.9 Å². The molecule has 73 heavy (non-hydrogen) atoms. The first-order valence-corrected chi connectivity index (χ1v) is 25.2. The van der Waals surface area contributed by atoms with E-state index < -0.39 is 58.9 Å². The number of fused-ring (bicyclic) bond motifs is 2. The molecule has 2 aromatic rings. The molecule has 2 aromatic carbocycles. The van der Waals surface area contributed by atoms with Crippen LogP contribution in [-0.4, -0.2) is 101 Å². The van der Waals surface area contributed by atoms with Gasteiger partial charge in [-0.15, -0.1) is 0 Å². The number of phenols is 1. The Labute approximate surface area is 428 Å². The number of hydrogen-bond acceptors (Lipinski definition) is 13. The summed E-state index contributed by atoms with van der Waals surface area (Å²) in [6.07, 6.45) is 14.3. The normalized spacial score (nSPS) is 29.9. The largest absolute Gasteiger partial charge is 0.507 e. The number of ketones is 1. The van der Waals surface area contributed by atoms with E-state index >= 15 is 0 Å². The van der Waals surface area contributed by atoms with Crippen molar-refractivity contribution in [1.82, 2.24) is 4.98 Å². The first-order valence-electron chi connectivity index (χ1n) is 25.2. The van der Waals surface area contributed by atoms with E-state index in [9.17, 15) is 29.4 Å². The first kappa shape index (κ1) is 54.5. The van der Waals surface area contributed by atoms with E-state index in [4.69, 9.17) is 33.1 Å². The number of carbonyl (C=O) groups excluding carboxylic acids is 3. The van der Waals surface area contributed by atoms with Crippen molar-refractivity contribution in [3.63, 3.8) is 0 Å². The molecule has 11 atom stereocenters. The smallest absolute Gasteiger partial charge is 0.312 e. The number of benzene rings is 3. The zero-order valence-electron chi connectivity index (χ0n) is 45.0. The molecule has 0 saturated heterocycles. The molecule has 1 amide bonds. The van der Waals surface area contributed by atoms with Gasteiger partial charge in [0.2, 0.25) is 5.43 Å². The molecule has 0 aromatic heterocycles. The zero-order valence-corrected chi connectivity index (χ0v) is 45.0. The molecule has 4 bridgehead atoms. The highest BCUT2D eigenvalue weighted by Gasteiger charge is 2.50. The number of phenolic OH excluding ortho intramolecular Hbond substituents is 1. The van der Waals surface area contributed by atoms with E-state index in [-0.39, 0.29) is 97.0 Å². The Morgan fingerprint density at radius 2 is 1.60 bits per heavy atom. The summed E-state index contributed by atoms with van der Waals surface area (Å²) in [5.74, 6) is -5.19. The lowest BCUT2D eigenvalue weighted by Gasteiger charge is -2.45. The molecule has 3 heterocycles. The van der Waals surface area contributed by atoms with Crippen LogP contribution in [0.3, 0.4) is 0 Å². The molecule has 5 aliphatic rings. The van der Waals surface area contributed by atoms with Crippen LogP contribution in [-0.2, 0) is 23.8 Å². The number of carbonyl (C=O) groups is 3. The van der Waals surface area contributed by atoms with Crippen LogP contribution in [0.5, 0.6) is 17.2 Å². The average Bonchev–Trinajstić information content (AvgIpc) is 3.60. The van der Waals surface area contributed by atoms with Crippen molar-refractivity contribution in [2.45, 2.75) is 113 Å². The number of quaternary nitrogens is 1. The van der Waals surface area contributed by atoms with E-state index in [1.165, 1.54) is 34.1 Å². The number of ether oxygens (including phenoxy) is 5. The van der Waals surface area contributed by atoms with Crippen molar-refractivity contribution >= 4 is 45.2 Å².